The van der Waals surface area contributed by atoms with Gasteiger partial charge in [-0.15, -0.1) is 0 Å². The number of methoxy groups -OCH3 is 1. The van der Waals surface area contributed by atoms with Crippen LogP contribution in [0, 0.1) is 5.82 Å². The van der Waals surface area contributed by atoms with Crippen molar-refractivity contribution in [3.8, 4) is 5.75 Å². The lowest BCUT2D eigenvalue weighted by atomic mass is 10.1. The standard InChI is InChI=1S/C14H20FNO/c1-4-5-6-9-16-11(2)12-7-8-14(17-3)13(15)10-12/h4-5,7-8,10-11,16H,6,9H2,1-3H3/b5-4+. The first-order chi connectivity index (χ1) is 8.19. The second kappa shape index (κ2) is 7.07. The van der Waals surface area contributed by atoms with E-state index in [1.54, 1.807) is 6.07 Å². The molecule has 2 nitrogen and oxygen atoms in total. The molecule has 1 unspecified atom stereocenters. The zero-order chi connectivity index (χ0) is 12.7. The molecule has 94 valence electrons. The highest BCUT2D eigenvalue weighted by molar-refractivity contribution is 5.30. The third kappa shape index (κ3) is 4.19. The van der Waals surface area contributed by atoms with Crippen LogP contribution >= 0.6 is 0 Å². The van der Waals surface area contributed by atoms with Crippen LogP contribution in [-0.4, -0.2) is 13.7 Å². The summed E-state index contributed by atoms with van der Waals surface area (Å²) in [6, 6.07) is 5.21. The van der Waals surface area contributed by atoms with Crippen LogP contribution < -0.4 is 10.1 Å². The smallest absolute Gasteiger partial charge is 0.165 e. The summed E-state index contributed by atoms with van der Waals surface area (Å²) < 4.78 is 18.4. The molecule has 0 amide bonds. The zero-order valence-corrected chi connectivity index (χ0v) is 10.7. The Morgan fingerprint density at radius 3 is 2.82 bits per heavy atom. The van der Waals surface area contributed by atoms with Crippen LogP contribution in [-0.2, 0) is 0 Å². The second-order valence-corrected chi connectivity index (χ2v) is 3.93. The van der Waals surface area contributed by atoms with Gasteiger partial charge in [-0.05, 0) is 44.5 Å². The van der Waals surface area contributed by atoms with Crippen molar-refractivity contribution < 1.29 is 9.13 Å². The van der Waals surface area contributed by atoms with Crippen LogP contribution in [0.4, 0.5) is 4.39 Å². The molecule has 0 saturated carbocycles. The Bertz CT molecular complexity index is 376. The fourth-order valence-electron chi connectivity index (χ4n) is 1.62. The number of hydrogen-bond donors (Lipinski definition) is 1. The number of ether oxygens (including phenoxy) is 1. The fourth-order valence-corrected chi connectivity index (χ4v) is 1.62. The molecule has 0 saturated heterocycles. The zero-order valence-electron chi connectivity index (χ0n) is 10.7. The molecule has 0 radical (unpaired) electrons. The summed E-state index contributed by atoms with van der Waals surface area (Å²) in [7, 11) is 1.47. The molecular weight excluding hydrogens is 217 g/mol. The molecule has 1 N–H and O–H groups in total. The first-order valence-electron chi connectivity index (χ1n) is 5.87. The number of hydrogen-bond acceptors (Lipinski definition) is 2. The van der Waals surface area contributed by atoms with Gasteiger partial charge in [-0.25, -0.2) is 4.39 Å². The summed E-state index contributed by atoms with van der Waals surface area (Å²) in [6.07, 6.45) is 5.12. The summed E-state index contributed by atoms with van der Waals surface area (Å²) in [5.74, 6) is -0.0260. The first-order valence-corrected chi connectivity index (χ1v) is 5.87. The average Bonchev–Trinajstić information content (AvgIpc) is 2.34. The Balaban J connectivity index is 2.56. The highest BCUT2D eigenvalue weighted by Gasteiger charge is 2.08. The second-order valence-electron chi connectivity index (χ2n) is 3.93. The van der Waals surface area contributed by atoms with Crippen LogP contribution in [0.15, 0.2) is 30.4 Å². The van der Waals surface area contributed by atoms with Gasteiger partial charge in [-0.3, -0.25) is 0 Å². The number of allylic oxidation sites excluding steroid dienone is 1. The molecule has 1 aromatic carbocycles. The average molecular weight is 237 g/mol. The highest BCUT2D eigenvalue weighted by atomic mass is 19.1. The number of rotatable bonds is 6. The van der Waals surface area contributed by atoms with E-state index >= 15 is 0 Å². The van der Waals surface area contributed by atoms with Gasteiger partial charge in [0.05, 0.1) is 7.11 Å². The van der Waals surface area contributed by atoms with Crippen molar-refractivity contribution in [3.63, 3.8) is 0 Å². The number of halogens is 1. The minimum absolute atomic E-state index is 0.140. The Morgan fingerprint density at radius 2 is 2.24 bits per heavy atom. The molecule has 1 atom stereocenters. The van der Waals surface area contributed by atoms with Crippen LogP contribution in [0.25, 0.3) is 0 Å². The minimum Gasteiger partial charge on any atom is -0.494 e. The van der Waals surface area contributed by atoms with E-state index in [1.165, 1.54) is 13.2 Å². The van der Waals surface area contributed by atoms with Crippen molar-refractivity contribution in [2.45, 2.75) is 26.3 Å². The number of benzene rings is 1. The lowest BCUT2D eigenvalue weighted by Crippen LogP contribution is -2.19. The molecule has 0 aliphatic heterocycles. The molecule has 3 heteroatoms. The van der Waals surface area contributed by atoms with Crippen LogP contribution in [0.2, 0.25) is 0 Å². The monoisotopic (exact) mass is 237 g/mol. The summed E-state index contributed by atoms with van der Waals surface area (Å²) in [5.41, 5.74) is 0.934. The Kier molecular flexibility index (Phi) is 5.70. The van der Waals surface area contributed by atoms with E-state index < -0.39 is 0 Å². The minimum atomic E-state index is -0.313. The molecule has 1 aromatic rings. The van der Waals surface area contributed by atoms with Gasteiger partial charge in [0.2, 0.25) is 0 Å². The van der Waals surface area contributed by atoms with Gasteiger partial charge in [0.25, 0.3) is 0 Å². The van der Waals surface area contributed by atoms with Gasteiger partial charge < -0.3 is 10.1 Å². The quantitative estimate of drug-likeness (QED) is 0.604. The third-order valence-corrected chi connectivity index (χ3v) is 2.67. The van der Waals surface area contributed by atoms with Crippen molar-refractivity contribution in [2.75, 3.05) is 13.7 Å². The van der Waals surface area contributed by atoms with E-state index in [0.717, 1.165) is 18.5 Å². The molecular formula is C14H20FNO. The first kappa shape index (κ1) is 13.7. The summed E-state index contributed by atoms with van der Waals surface area (Å²) in [6.45, 7) is 4.92. The van der Waals surface area contributed by atoms with Crippen molar-refractivity contribution >= 4 is 0 Å². The van der Waals surface area contributed by atoms with Crippen molar-refractivity contribution in [2.24, 2.45) is 0 Å². The molecule has 0 aliphatic rings. The molecule has 0 fully saturated rings. The van der Waals surface area contributed by atoms with Gasteiger partial charge in [0, 0.05) is 6.04 Å². The van der Waals surface area contributed by atoms with E-state index in [-0.39, 0.29) is 17.6 Å². The van der Waals surface area contributed by atoms with E-state index in [1.807, 2.05) is 26.0 Å². The Morgan fingerprint density at radius 1 is 1.47 bits per heavy atom. The van der Waals surface area contributed by atoms with Crippen LogP contribution in [0.3, 0.4) is 0 Å². The Hall–Kier alpha value is -1.35. The van der Waals surface area contributed by atoms with E-state index in [2.05, 4.69) is 11.4 Å². The third-order valence-electron chi connectivity index (χ3n) is 2.67. The molecule has 17 heavy (non-hydrogen) atoms. The highest BCUT2D eigenvalue weighted by Crippen LogP contribution is 2.21. The van der Waals surface area contributed by atoms with Gasteiger partial charge in [-0.1, -0.05) is 18.2 Å². The van der Waals surface area contributed by atoms with Gasteiger partial charge in [-0.2, -0.15) is 0 Å². The van der Waals surface area contributed by atoms with Gasteiger partial charge in [0.15, 0.2) is 11.6 Å². The van der Waals surface area contributed by atoms with Crippen LogP contribution in [0.5, 0.6) is 5.75 Å². The van der Waals surface area contributed by atoms with Crippen molar-refractivity contribution in [3.05, 3.63) is 41.7 Å². The maximum atomic E-state index is 13.5. The lowest BCUT2D eigenvalue weighted by Gasteiger charge is -2.14. The topological polar surface area (TPSA) is 21.3 Å². The lowest BCUT2D eigenvalue weighted by molar-refractivity contribution is 0.385. The van der Waals surface area contributed by atoms with Gasteiger partial charge in [0.1, 0.15) is 0 Å². The normalized spacial score (nSPS) is 12.9. The largest absolute Gasteiger partial charge is 0.494 e. The fraction of sp³-hybridized carbons (Fsp3) is 0.429. The van der Waals surface area contributed by atoms with Crippen LogP contribution in [0.1, 0.15) is 31.9 Å². The summed E-state index contributed by atoms with van der Waals surface area (Å²) >= 11 is 0. The molecule has 1 rings (SSSR count). The van der Waals surface area contributed by atoms with E-state index in [9.17, 15) is 4.39 Å². The maximum absolute atomic E-state index is 13.5. The maximum Gasteiger partial charge on any atom is 0.165 e. The molecule has 0 aliphatic carbocycles. The number of nitrogens with one attached hydrogen (secondary N) is 1. The van der Waals surface area contributed by atoms with E-state index in [0.29, 0.717) is 0 Å². The molecule has 0 bridgehead atoms. The molecule has 0 spiro atoms. The predicted octanol–water partition coefficient (Wildman–Crippen LogP) is 3.45. The van der Waals surface area contributed by atoms with Gasteiger partial charge >= 0.3 is 0 Å². The summed E-state index contributed by atoms with van der Waals surface area (Å²) in [5, 5.41) is 3.34. The van der Waals surface area contributed by atoms with E-state index in [4.69, 9.17) is 4.74 Å². The predicted molar refractivity (Wildman–Crippen MR) is 68.8 cm³/mol. The van der Waals surface area contributed by atoms with Crippen molar-refractivity contribution in [1.29, 1.82) is 0 Å². The Labute approximate surface area is 102 Å². The molecule has 0 aromatic heterocycles. The summed E-state index contributed by atoms with van der Waals surface area (Å²) in [4.78, 5) is 0. The van der Waals surface area contributed by atoms with Crippen molar-refractivity contribution in [1.82, 2.24) is 5.32 Å². The molecule has 0 heterocycles. The SMILES string of the molecule is C/C=C/CCNC(C)c1ccc(OC)c(F)c1.